The van der Waals surface area contributed by atoms with Gasteiger partial charge in [0.2, 0.25) is 11.8 Å². The van der Waals surface area contributed by atoms with Crippen molar-refractivity contribution in [2.45, 2.75) is 18.9 Å². The molecule has 1 aliphatic rings. The number of hydrogen-bond donors (Lipinski definition) is 1. The predicted octanol–water partition coefficient (Wildman–Crippen LogP) is 3.98. The largest absolute Gasteiger partial charge is 0.345 e. The topological polar surface area (TPSA) is 49.4 Å². The van der Waals surface area contributed by atoms with Gasteiger partial charge in [0.25, 0.3) is 0 Å². The summed E-state index contributed by atoms with van der Waals surface area (Å²) < 4.78 is 0. The van der Waals surface area contributed by atoms with E-state index in [0.29, 0.717) is 13.1 Å². The van der Waals surface area contributed by atoms with Crippen molar-refractivity contribution in [3.63, 3.8) is 0 Å². The maximum Gasteiger partial charge on any atom is 0.226 e. The zero-order chi connectivity index (χ0) is 20.8. The second kappa shape index (κ2) is 9.40. The van der Waals surface area contributed by atoms with E-state index in [2.05, 4.69) is 17.4 Å². The minimum absolute atomic E-state index is 0.0575. The van der Waals surface area contributed by atoms with Crippen LogP contribution in [0.5, 0.6) is 0 Å². The van der Waals surface area contributed by atoms with Gasteiger partial charge in [0.05, 0.1) is 12.0 Å². The van der Waals surface area contributed by atoms with Crippen molar-refractivity contribution >= 4 is 11.8 Å². The Kier molecular flexibility index (Phi) is 6.23. The average Bonchev–Trinajstić information content (AvgIpc) is 3.18. The van der Waals surface area contributed by atoms with Crippen LogP contribution >= 0.6 is 0 Å². The molecule has 152 valence electrons. The number of amides is 2. The predicted molar refractivity (Wildman–Crippen MR) is 118 cm³/mol. The molecule has 0 spiro atoms. The molecule has 0 bridgehead atoms. The zero-order valence-electron chi connectivity index (χ0n) is 16.9. The number of likely N-dealkylation sites (tertiary alicyclic amines) is 1. The second-order valence-corrected chi connectivity index (χ2v) is 7.74. The molecule has 1 saturated heterocycles. The fourth-order valence-electron chi connectivity index (χ4n) is 3.98. The van der Waals surface area contributed by atoms with Gasteiger partial charge in [-0.05, 0) is 23.1 Å². The van der Waals surface area contributed by atoms with E-state index in [0.717, 1.165) is 17.5 Å². The molecule has 0 saturated carbocycles. The minimum Gasteiger partial charge on any atom is -0.345 e. The molecule has 0 aromatic heterocycles. The monoisotopic (exact) mass is 398 g/mol. The van der Waals surface area contributed by atoms with Crippen LogP contribution < -0.4 is 5.32 Å². The Labute approximate surface area is 177 Å². The minimum atomic E-state index is -0.316. The standard InChI is InChI=1S/C26H26N2O2/c29-24-18-23(19-28(24)17-16-20-10-4-1-5-11-20)26(30)27-25(21-12-6-2-7-13-21)22-14-8-3-9-15-22/h1-15,23,25H,16-19H2,(H,27,30)/t23-/m1/s1. The highest BCUT2D eigenvalue weighted by molar-refractivity contribution is 5.89. The first-order valence-electron chi connectivity index (χ1n) is 10.4. The van der Waals surface area contributed by atoms with Gasteiger partial charge in [-0.2, -0.15) is 0 Å². The molecule has 3 aromatic carbocycles. The normalized spacial score (nSPS) is 16.1. The van der Waals surface area contributed by atoms with E-state index in [4.69, 9.17) is 0 Å². The lowest BCUT2D eigenvalue weighted by Gasteiger charge is -2.22. The highest BCUT2D eigenvalue weighted by Crippen LogP contribution is 2.24. The van der Waals surface area contributed by atoms with E-state index in [1.165, 1.54) is 5.56 Å². The first-order valence-corrected chi connectivity index (χ1v) is 10.4. The maximum atomic E-state index is 13.1. The van der Waals surface area contributed by atoms with Crippen LogP contribution in [-0.2, 0) is 16.0 Å². The van der Waals surface area contributed by atoms with Gasteiger partial charge >= 0.3 is 0 Å². The van der Waals surface area contributed by atoms with Crippen LogP contribution in [0.3, 0.4) is 0 Å². The Balaban J connectivity index is 1.42. The smallest absolute Gasteiger partial charge is 0.226 e. The van der Waals surface area contributed by atoms with Gasteiger partial charge in [0.1, 0.15) is 0 Å². The van der Waals surface area contributed by atoms with Crippen LogP contribution in [0.4, 0.5) is 0 Å². The highest BCUT2D eigenvalue weighted by atomic mass is 16.2. The summed E-state index contributed by atoms with van der Waals surface area (Å²) in [5, 5.41) is 3.19. The third kappa shape index (κ3) is 4.77. The summed E-state index contributed by atoms with van der Waals surface area (Å²) in [4.78, 5) is 27.4. The number of hydrogen-bond acceptors (Lipinski definition) is 2. The molecule has 4 rings (SSSR count). The van der Waals surface area contributed by atoms with Crippen molar-refractivity contribution in [3.8, 4) is 0 Å². The highest BCUT2D eigenvalue weighted by Gasteiger charge is 2.35. The van der Waals surface area contributed by atoms with E-state index in [-0.39, 0.29) is 30.2 Å². The maximum absolute atomic E-state index is 13.1. The Morgan fingerprint density at radius 2 is 1.40 bits per heavy atom. The number of carbonyl (C=O) groups excluding carboxylic acids is 2. The molecule has 0 radical (unpaired) electrons. The van der Waals surface area contributed by atoms with Crippen molar-refractivity contribution in [2.24, 2.45) is 5.92 Å². The van der Waals surface area contributed by atoms with Gasteiger partial charge in [-0.25, -0.2) is 0 Å². The van der Waals surface area contributed by atoms with Gasteiger partial charge in [-0.15, -0.1) is 0 Å². The lowest BCUT2D eigenvalue weighted by Crippen LogP contribution is -2.36. The quantitative estimate of drug-likeness (QED) is 0.654. The van der Waals surface area contributed by atoms with Gasteiger partial charge in [0.15, 0.2) is 0 Å². The van der Waals surface area contributed by atoms with Crippen molar-refractivity contribution in [1.82, 2.24) is 10.2 Å². The van der Waals surface area contributed by atoms with Crippen LogP contribution in [0.1, 0.15) is 29.2 Å². The molecule has 4 heteroatoms. The molecular weight excluding hydrogens is 372 g/mol. The summed E-state index contributed by atoms with van der Waals surface area (Å²) in [5.41, 5.74) is 3.26. The zero-order valence-corrected chi connectivity index (χ0v) is 16.9. The Bertz CT molecular complexity index is 934. The molecule has 2 amide bonds. The summed E-state index contributed by atoms with van der Waals surface area (Å²) >= 11 is 0. The summed E-state index contributed by atoms with van der Waals surface area (Å²) in [6.45, 7) is 1.13. The Morgan fingerprint density at radius 1 is 0.867 bits per heavy atom. The Hall–Kier alpha value is -3.40. The van der Waals surface area contributed by atoms with Gasteiger partial charge in [-0.3, -0.25) is 9.59 Å². The van der Waals surface area contributed by atoms with E-state index in [9.17, 15) is 9.59 Å². The van der Waals surface area contributed by atoms with E-state index >= 15 is 0 Å². The van der Waals surface area contributed by atoms with Crippen LogP contribution in [0.15, 0.2) is 91.0 Å². The third-order valence-electron chi connectivity index (χ3n) is 5.65. The first kappa shape index (κ1) is 19.9. The van der Waals surface area contributed by atoms with Crippen molar-refractivity contribution in [1.29, 1.82) is 0 Å². The van der Waals surface area contributed by atoms with Gasteiger partial charge in [0, 0.05) is 19.5 Å². The molecule has 0 aliphatic carbocycles. The summed E-state index contributed by atoms with van der Waals surface area (Å²) in [6.07, 6.45) is 1.08. The molecule has 1 heterocycles. The number of nitrogens with one attached hydrogen (secondary N) is 1. The van der Waals surface area contributed by atoms with Crippen LogP contribution in [0, 0.1) is 5.92 Å². The molecular formula is C26H26N2O2. The van der Waals surface area contributed by atoms with E-state index in [1.807, 2.05) is 83.8 Å². The van der Waals surface area contributed by atoms with Crippen molar-refractivity contribution < 1.29 is 9.59 Å². The molecule has 1 aliphatic heterocycles. The SMILES string of the molecule is O=C(NC(c1ccccc1)c1ccccc1)[C@@H]1CC(=O)N(CCc2ccccc2)C1. The second-order valence-electron chi connectivity index (χ2n) is 7.74. The fourth-order valence-corrected chi connectivity index (χ4v) is 3.98. The third-order valence-corrected chi connectivity index (χ3v) is 5.65. The lowest BCUT2D eigenvalue weighted by atomic mass is 9.97. The van der Waals surface area contributed by atoms with Crippen molar-refractivity contribution in [3.05, 3.63) is 108 Å². The fraction of sp³-hybridized carbons (Fsp3) is 0.231. The Morgan fingerprint density at radius 3 is 1.97 bits per heavy atom. The lowest BCUT2D eigenvalue weighted by molar-refractivity contribution is -0.129. The summed E-state index contributed by atoms with van der Waals surface area (Å²) in [7, 11) is 0. The molecule has 4 nitrogen and oxygen atoms in total. The summed E-state index contributed by atoms with van der Waals surface area (Å²) in [5.74, 6) is -0.325. The van der Waals surface area contributed by atoms with Gasteiger partial charge < -0.3 is 10.2 Å². The number of rotatable bonds is 7. The van der Waals surface area contributed by atoms with Crippen LogP contribution in [-0.4, -0.2) is 29.8 Å². The molecule has 0 unspecified atom stereocenters. The molecule has 30 heavy (non-hydrogen) atoms. The number of nitrogens with zero attached hydrogens (tertiary/aromatic N) is 1. The van der Waals surface area contributed by atoms with E-state index < -0.39 is 0 Å². The van der Waals surface area contributed by atoms with Gasteiger partial charge in [-0.1, -0.05) is 91.0 Å². The van der Waals surface area contributed by atoms with Crippen LogP contribution in [0.2, 0.25) is 0 Å². The average molecular weight is 399 g/mol. The van der Waals surface area contributed by atoms with Crippen LogP contribution in [0.25, 0.3) is 0 Å². The molecule has 1 fully saturated rings. The molecule has 3 aromatic rings. The molecule has 1 atom stereocenters. The number of carbonyl (C=O) groups is 2. The van der Waals surface area contributed by atoms with E-state index in [1.54, 1.807) is 0 Å². The number of benzene rings is 3. The first-order chi connectivity index (χ1) is 14.7. The summed E-state index contributed by atoms with van der Waals surface area (Å²) in [6, 6.07) is 29.8. The van der Waals surface area contributed by atoms with Crippen molar-refractivity contribution in [2.75, 3.05) is 13.1 Å². The molecule has 1 N–H and O–H groups in total.